The van der Waals surface area contributed by atoms with Gasteiger partial charge in [-0.05, 0) is 0 Å². The summed E-state index contributed by atoms with van der Waals surface area (Å²) in [6.07, 6.45) is 6.89. The van der Waals surface area contributed by atoms with Crippen molar-refractivity contribution < 1.29 is 4.39 Å². The zero-order valence-corrected chi connectivity index (χ0v) is 14.2. The molecule has 0 saturated carbocycles. The van der Waals surface area contributed by atoms with E-state index in [4.69, 9.17) is 0 Å². The van der Waals surface area contributed by atoms with Gasteiger partial charge in [0.15, 0.2) is 0 Å². The minimum absolute atomic E-state index is 0.486. The molecule has 1 aliphatic rings. The number of halogens is 1. The Morgan fingerprint density at radius 3 is 2.73 bits per heavy atom. The number of aromatic nitrogens is 3. The Bertz CT molecular complexity index is 880. The van der Waals surface area contributed by atoms with Gasteiger partial charge in [-0.2, -0.15) is 0 Å². The van der Waals surface area contributed by atoms with Crippen molar-refractivity contribution in [1.29, 1.82) is 0 Å². The van der Waals surface area contributed by atoms with Crippen molar-refractivity contribution >= 4 is 30.7 Å². The summed E-state index contributed by atoms with van der Waals surface area (Å²) in [5.41, 5.74) is 4.51. The Morgan fingerprint density at radius 1 is 0.955 bits per heavy atom. The molecule has 3 aromatic rings. The van der Waals surface area contributed by atoms with Gasteiger partial charge in [-0.3, -0.25) is 0 Å². The van der Waals surface area contributed by atoms with Gasteiger partial charge in [0, 0.05) is 0 Å². The minimum atomic E-state index is -1.03. The third-order valence-corrected chi connectivity index (χ3v) is 6.19. The molecule has 6 heteroatoms. The van der Waals surface area contributed by atoms with Crippen LogP contribution in [0.3, 0.4) is 0 Å². The van der Waals surface area contributed by atoms with Gasteiger partial charge in [-0.1, -0.05) is 0 Å². The number of fused-ring (bicyclic) bond motifs is 1. The first-order valence-electron chi connectivity index (χ1n) is 6.68. The van der Waals surface area contributed by atoms with Crippen LogP contribution in [-0.4, -0.2) is 42.1 Å². The van der Waals surface area contributed by atoms with Gasteiger partial charge in [0.05, 0.1) is 0 Å². The average Bonchev–Trinajstić information content (AvgIpc) is 2.99. The molecule has 104 valence electrons. The molecule has 4 heterocycles. The van der Waals surface area contributed by atoms with E-state index in [1.807, 2.05) is 24.4 Å². The van der Waals surface area contributed by atoms with E-state index in [1.165, 1.54) is 15.8 Å². The Kier molecular flexibility index (Phi) is 3.42. The molecule has 0 bridgehead atoms. The molecular formula is C16H9FN4Sn. The van der Waals surface area contributed by atoms with E-state index in [9.17, 15) is 4.39 Å². The predicted molar refractivity (Wildman–Crippen MR) is 82.7 cm³/mol. The molecule has 0 atom stereocenters. The fourth-order valence-corrected chi connectivity index (χ4v) is 4.97. The monoisotopic (exact) mass is 396 g/mol. The van der Waals surface area contributed by atoms with Crippen LogP contribution in [0.5, 0.6) is 0 Å². The molecule has 0 aromatic carbocycles. The summed E-state index contributed by atoms with van der Waals surface area (Å²) >= 11 is -1.03. The molecule has 0 spiro atoms. The van der Waals surface area contributed by atoms with Gasteiger partial charge in [-0.15, -0.1) is 0 Å². The van der Waals surface area contributed by atoms with Crippen molar-refractivity contribution in [2.45, 2.75) is 0 Å². The molecule has 1 aliphatic heterocycles. The topological polar surface area (TPSA) is 51.0 Å². The first kappa shape index (κ1) is 13.5. The van der Waals surface area contributed by atoms with Crippen LogP contribution in [0.2, 0.25) is 0 Å². The van der Waals surface area contributed by atoms with Crippen LogP contribution in [0.25, 0.3) is 11.3 Å². The third kappa shape index (κ3) is 2.41. The summed E-state index contributed by atoms with van der Waals surface area (Å²) in [6.45, 7) is 0. The van der Waals surface area contributed by atoms with E-state index in [2.05, 4.69) is 18.2 Å². The third-order valence-electron chi connectivity index (χ3n) is 3.40. The van der Waals surface area contributed by atoms with Crippen molar-refractivity contribution in [3.63, 3.8) is 0 Å². The number of hydrogen-bond donors (Lipinski definition) is 0. The first-order valence-corrected chi connectivity index (χ1v) is 9.38. The molecule has 2 radical (unpaired) electrons. The van der Waals surface area contributed by atoms with E-state index >= 15 is 0 Å². The van der Waals surface area contributed by atoms with Gasteiger partial charge in [-0.25, -0.2) is 0 Å². The van der Waals surface area contributed by atoms with Crippen LogP contribution in [0, 0.1) is 5.95 Å². The second-order valence-electron chi connectivity index (χ2n) is 4.80. The Balaban J connectivity index is 1.80. The fraction of sp³-hybridized carbons (Fsp3) is 0. The normalized spacial score (nSPS) is 12.9. The zero-order valence-electron chi connectivity index (χ0n) is 11.4. The van der Waals surface area contributed by atoms with E-state index in [0.717, 1.165) is 28.1 Å². The van der Waals surface area contributed by atoms with Crippen molar-refractivity contribution in [3.8, 4) is 11.3 Å². The van der Waals surface area contributed by atoms with E-state index in [1.54, 1.807) is 18.5 Å². The van der Waals surface area contributed by atoms with Crippen LogP contribution < -0.4 is 3.58 Å². The van der Waals surface area contributed by atoms with Crippen molar-refractivity contribution in [1.82, 2.24) is 15.0 Å². The van der Waals surface area contributed by atoms with Gasteiger partial charge < -0.3 is 0 Å². The van der Waals surface area contributed by atoms with E-state index < -0.39 is 27.4 Å². The molecular weight excluding hydrogens is 386 g/mol. The van der Waals surface area contributed by atoms with Crippen LogP contribution in [0.4, 0.5) is 4.39 Å². The van der Waals surface area contributed by atoms with Crippen LogP contribution in [0.15, 0.2) is 58.3 Å². The predicted octanol–water partition coefficient (Wildman–Crippen LogP) is 1.77. The molecule has 3 aromatic heterocycles. The first-order chi connectivity index (χ1) is 10.8. The summed E-state index contributed by atoms with van der Waals surface area (Å²) < 4.78 is 19.3. The van der Waals surface area contributed by atoms with Gasteiger partial charge in [0.1, 0.15) is 0 Å². The Labute approximate surface area is 136 Å². The van der Waals surface area contributed by atoms with E-state index in [0.29, 0.717) is 0 Å². The standard InChI is InChI=1S/C16H9FN4.Sn/c17-15-9-12(4-7-21-15)16(18)11-3-6-20-14(8-11)13-2-1-5-19-10-13;/h1-2,4-10H;/q-1;+1. The van der Waals surface area contributed by atoms with Crippen LogP contribution in [0.1, 0.15) is 11.1 Å². The number of rotatable bonds is 2. The zero-order chi connectivity index (χ0) is 14.9. The Hall–Kier alpha value is -2.15. The van der Waals surface area contributed by atoms with Crippen LogP contribution >= 0.6 is 0 Å². The van der Waals surface area contributed by atoms with Crippen molar-refractivity contribution in [2.75, 3.05) is 0 Å². The number of pyridine rings is 3. The molecule has 4 nitrogen and oxygen atoms in total. The molecule has 0 aliphatic carbocycles. The molecule has 0 saturated heterocycles. The van der Waals surface area contributed by atoms with Gasteiger partial charge in [0.2, 0.25) is 0 Å². The summed E-state index contributed by atoms with van der Waals surface area (Å²) in [6, 6.07) is 9.10. The average molecular weight is 395 g/mol. The van der Waals surface area contributed by atoms with Gasteiger partial charge >= 0.3 is 137 Å². The van der Waals surface area contributed by atoms with Crippen LogP contribution in [-0.2, 0) is 0 Å². The second-order valence-corrected chi connectivity index (χ2v) is 7.61. The quantitative estimate of drug-likeness (QED) is 0.491. The van der Waals surface area contributed by atoms with E-state index in [-0.39, 0.29) is 0 Å². The fourth-order valence-electron chi connectivity index (χ4n) is 2.36. The summed E-state index contributed by atoms with van der Waals surface area (Å²) in [5, 5.41) is 0. The Morgan fingerprint density at radius 2 is 1.91 bits per heavy atom. The summed E-state index contributed by atoms with van der Waals surface area (Å²) in [7, 11) is 0. The molecule has 0 N–H and O–H groups in total. The second kappa shape index (κ2) is 5.56. The summed E-state index contributed by atoms with van der Waals surface area (Å²) in [4.78, 5) is 12.2. The van der Waals surface area contributed by atoms with Crippen molar-refractivity contribution in [3.05, 3.63) is 72.2 Å². The maximum atomic E-state index is 13.4. The molecule has 4 rings (SSSR count). The molecule has 0 fully saturated rings. The van der Waals surface area contributed by atoms with Gasteiger partial charge in [0.25, 0.3) is 0 Å². The molecule has 0 unspecified atom stereocenters. The summed E-state index contributed by atoms with van der Waals surface area (Å²) in [5.74, 6) is -0.486. The number of hydrogen-bond acceptors (Lipinski definition) is 4. The maximum absolute atomic E-state index is 13.4. The van der Waals surface area contributed by atoms with Crippen molar-refractivity contribution in [2.24, 2.45) is 3.21 Å². The SMILES string of the molecule is Fc1cc(C2=[N][Sn][c]3cnc(-c4cccnc4)cc32)ccn1. The molecule has 0 amide bonds. The number of nitrogens with zero attached hydrogens (tertiary/aromatic N) is 4. The molecule has 22 heavy (non-hydrogen) atoms.